The Morgan fingerprint density at radius 2 is 1.00 bits per heavy atom. The minimum Gasteiger partial charge on any atom is -0.376 e. The van der Waals surface area contributed by atoms with E-state index in [1.54, 1.807) is 0 Å². The van der Waals surface area contributed by atoms with E-state index in [4.69, 9.17) is 0 Å². The molecule has 3 heteroatoms. The molecule has 0 aromatic heterocycles. The summed E-state index contributed by atoms with van der Waals surface area (Å²) < 4.78 is 0. The molecule has 0 amide bonds. The van der Waals surface area contributed by atoms with Gasteiger partial charge in [-0.2, -0.15) is 0 Å². The highest BCUT2D eigenvalue weighted by atomic mass is 16.3. The zero-order valence-electron chi connectivity index (χ0n) is 19.0. The molecule has 0 unspecified atom stereocenters. The maximum atomic E-state index is 13.6. The van der Waals surface area contributed by atoms with Crippen LogP contribution < -0.4 is 4.90 Å². The quantitative estimate of drug-likeness (QED) is 0.298. The number of aliphatic hydroxyl groups is 1. The van der Waals surface area contributed by atoms with E-state index in [2.05, 4.69) is 4.90 Å². The number of fused-ring (bicyclic) bond motifs is 2. The summed E-state index contributed by atoms with van der Waals surface area (Å²) in [5.41, 5.74) is 4.70. The molecule has 0 atom stereocenters. The van der Waals surface area contributed by atoms with Gasteiger partial charge in [0.05, 0.1) is 17.1 Å². The number of rotatable bonds is 4. The van der Waals surface area contributed by atoms with Crippen LogP contribution in [0.3, 0.4) is 0 Å². The molecule has 0 bridgehead atoms. The van der Waals surface area contributed by atoms with E-state index >= 15 is 0 Å². The summed E-state index contributed by atoms with van der Waals surface area (Å²) in [6.45, 7) is 0. The fourth-order valence-corrected chi connectivity index (χ4v) is 5.08. The molecule has 0 saturated heterocycles. The van der Waals surface area contributed by atoms with Crippen molar-refractivity contribution >= 4 is 22.8 Å². The molecule has 0 saturated carbocycles. The first-order valence-corrected chi connectivity index (χ1v) is 11.7. The monoisotopic (exact) mass is 453 g/mol. The molecule has 5 aromatic rings. The van der Waals surface area contributed by atoms with Gasteiger partial charge in [0.2, 0.25) is 0 Å². The largest absolute Gasteiger partial charge is 0.376 e. The molecule has 1 aliphatic heterocycles. The average Bonchev–Trinajstić information content (AvgIpc) is 2.94. The number of para-hydroxylation sites is 3. The van der Waals surface area contributed by atoms with Gasteiger partial charge in [0, 0.05) is 22.3 Å². The first-order valence-electron chi connectivity index (χ1n) is 11.7. The summed E-state index contributed by atoms with van der Waals surface area (Å²) in [6.07, 6.45) is 0. The summed E-state index contributed by atoms with van der Waals surface area (Å²) in [6, 6.07) is 42.5. The molecule has 168 valence electrons. The maximum Gasteiger partial charge on any atom is 0.195 e. The minimum atomic E-state index is -1.33. The maximum absolute atomic E-state index is 13.6. The molecule has 1 heterocycles. The fraction of sp³-hybridized carbons (Fsp3) is 0.0312. The summed E-state index contributed by atoms with van der Waals surface area (Å²) in [4.78, 5) is 15.7. The topological polar surface area (TPSA) is 40.5 Å². The van der Waals surface area contributed by atoms with Crippen LogP contribution in [0.5, 0.6) is 0 Å². The molecule has 3 nitrogen and oxygen atoms in total. The van der Waals surface area contributed by atoms with Crippen molar-refractivity contribution in [3.8, 4) is 0 Å². The van der Waals surface area contributed by atoms with Gasteiger partial charge in [-0.25, -0.2) is 0 Å². The van der Waals surface area contributed by atoms with Crippen LogP contribution in [0, 0.1) is 0 Å². The van der Waals surface area contributed by atoms with E-state index in [-0.39, 0.29) is 5.78 Å². The van der Waals surface area contributed by atoms with Crippen LogP contribution in [0.2, 0.25) is 0 Å². The number of nitrogens with zero attached hydrogens (tertiary/aromatic N) is 1. The first-order chi connectivity index (χ1) is 17.2. The summed E-state index contributed by atoms with van der Waals surface area (Å²) in [7, 11) is 0. The van der Waals surface area contributed by atoms with Crippen LogP contribution in [0.1, 0.15) is 32.6 Å². The third-order valence-electron chi connectivity index (χ3n) is 6.69. The number of hydrogen-bond acceptors (Lipinski definition) is 3. The van der Waals surface area contributed by atoms with Crippen LogP contribution in [0.25, 0.3) is 0 Å². The number of ketones is 1. The second-order valence-electron chi connectivity index (χ2n) is 8.66. The molecular weight excluding hydrogens is 430 g/mol. The highest BCUT2D eigenvalue weighted by Gasteiger charge is 2.43. The summed E-state index contributed by atoms with van der Waals surface area (Å²) in [5.74, 6) is -0.0416. The van der Waals surface area contributed by atoms with Gasteiger partial charge in [-0.1, -0.05) is 109 Å². The number of carbonyl (C=O) groups is 1. The van der Waals surface area contributed by atoms with Crippen molar-refractivity contribution in [1.29, 1.82) is 0 Å². The Labute approximate surface area is 204 Å². The van der Waals surface area contributed by atoms with E-state index < -0.39 is 5.60 Å². The summed E-state index contributed by atoms with van der Waals surface area (Å²) >= 11 is 0. The standard InChI is InChI=1S/C32H23NO2/c34-31(23-13-3-1-4-14-23)25-17-7-10-20-28(25)33-29-21-11-8-18-26(29)32(35,24-15-5-2-6-16-24)27-19-9-12-22-30(27)33/h1-22,35H. The van der Waals surface area contributed by atoms with Crippen LogP contribution in [0.4, 0.5) is 17.1 Å². The highest BCUT2D eigenvalue weighted by molar-refractivity contribution is 6.13. The van der Waals surface area contributed by atoms with E-state index in [0.29, 0.717) is 11.1 Å². The van der Waals surface area contributed by atoms with E-state index in [1.807, 2.05) is 133 Å². The fourth-order valence-electron chi connectivity index (χ4n) is 5.08. The smallest absolute Gasteiger partial charge is 0.195 e. The van der Waals surface area contributed by atoms with E-state index in [1.165, 1.54) is 0 Å². The number of anilines is 3. The highest BCUT2D eigenvalue weighted by Crippen LogP contribution is 2.53. The molecule has 6 rings (SSSR count). The van der Waals surface area contributed by atoms with Crippen molar-refractivity contribution < 1.29 is 9.90 Å². The van der Waals surface area contributed by atoms with Crippen molar-refractivity contribution in [1.82, 2.24) is 0 Å². The Hall–Kier alpha value is -4.47. The second kappa shape index (κ2) is 8.39. The lowest BCUT2D eigenvalue weighted by Crippen LogP contribution is -2.36. The van der Waals surface area contributed by atoms with Crippen molar-refractivity contribution in [2.75, 3.05) is 4.90 Å². The zero-order valence-corrected chi connectivity index (χ0v) is 19.0. The molecule has 35 heavy (non-hydrogen) atoms. The van der Waals surface area contributed by atoms with Crippen LogP contribution >= 0.6 is 0 Å². The van der Waals surface area contributed by atoms with Gasteiger partial charge in [0.1, 0.15) is 5.60 Å². The Morgan fingerprint density at radius 3 is 1.60 bits per heavy atom. The van der Waals surface area contributed by atoms with Crippen LogP contribution in [0.15, 0.2) is 133 Å². The van der Waals surface area contributed by atoms with Gasteiger partial charge in [0.25, 0.3) is 0 Å². The van der Waals surface area contributed by atoms with Crippen molar-refractivity contribution in [3.05, 3.63) is 161 Å². The number of hydrogen-bond donors (Lipinski definition) is 1. The van der Waals surface area contributed by atoms with Crippen LogP contribution in [-0.4, -0.2) is 10.9 Å². The zero-order chi connectivity index (χ0) is 23.8. The molecule has 1 aliphatic rings. The predicted molar refractivity (Wildman–Crippen MR) is 140 cm³/mol. The third-order valence-corrected chi connectivity index (χ3v) is 6.69. The van der Waals surface area contributed by atoms with Gasteiger partial charge in [-0.3, -0.25) is 4.79 Å². The normalized spacial score (nSPS) is 13.6. The lowest BCUT2D eigenvalue weighted by atomic mass is 9.76. The van der Waals surface area contributed by atoms with Gasteiger partial charge >= 0.3 is 0 Å². The van der Waals surface area contributed by atoms with Crippen molar-refractivity contribution in [2.45, 2.75) is 5.60 Å². The van der Waals surface area contributed by atoms with Gasteiger partial charge in [-0.15, -0.1) is 0 Å². The Morgan fingerprint density at radius 1 is 0.543 bits per heavy atom. The summed E-state index contributed by atoms with van der Waals surface area (Å²) in [5, 5.41) is 12.4. The predicted octanol–water partition coefficient (Wildman–Crippen LogP) is 6.99. The molecule has 0 radical (unpaired) electrons. The Bertz CT molecular complexity index is 1480. The lowest BCUT2D eigenvalue weighted by Gasteiger charge is -2.43. The van der Waals surface area contributed by atoms with Gasteiger partial charge < -0.3 is 10.0 Å². The Balaban J connectivity index is 1.62. The first kappa shape index (κ1) is 21.1. The molecular formula is C32H23NO2. The molecule has 5 aromatic carbocycles. The SMILES string of the molecule is O=C(c1ccccc1)c1ccccc1N1c2ccccc2C(O)(c2ccccc2)c2ccccc21. The average molecular weight is 454 g/mol. The van der Waals surface area contributed by atoms with Crippen molar-refractivity contribution in [2.24, 2.45) is 0 Å². The van der Waals surface area contributed by atoms with Gasteiger partial charge in [-0.05, 0) is 29.8 Å². The second-order valence-corrected chi connectivity index (χ2v) is 8.66. The molecule has 0 spiro atoms. The van der Waals surface area contributed by atoms with E-state index in [0.717, 1.165) is 33.8 Å². The Kier molecular flexibility index (Phi) is 5.05. The van der Waals surface area contributed by atoms with Crippen LogP contribution in [-0.2, 0) is 5.60 Å². The van der Waals surface area contributed by atoms with E-state index in [9.17, 15) is 9.90 Å². The van der Waals surface area contributed by atoms with Crippen molar-refractivity contribution in [3.63, 3.8) is 0 Å². The lowest BCUT2D eigenvalue weighted by molar-refractivity contribution is 0.103. The molecule has 1 N–H and O–H groups in total. The molecule has 0 fully saturated rings. The third kappa shape index (κ3) is 3.29. The van der Waals surface area contributed by atoms with Gasteiger partial charge in [0.15, 0.2) is 5.78 Å². The number of carbonyl (C=O) groups excluding carboxylic acids is 1. The minimum absolute atomic E-state index is 0.0416. The number of benzene rings is 5. The molecule has 0 aliphatic carbocycles.